The van der Waals surface area contributed by atoms with Gasteiger partial charge in [0.15, 0.2) is 5.69 Å². The maximum Gasteiger partial charge on any atom is 0.223 e. The molecule has 3 rings (SSSR count). The molecular weight excluding hydrogens is 268 g/mol. The largest absolute Gasteiger partial charge is 0.485 e. The molecule has 1 saturated heterocycles. The molecule has 2 heterocycles. The van der Waals surface area contributed by atoms with E-state index in [4.69, 9.17) is 11.3 Å². The van der Waals surface area contributed by atoms with Crippen molar-refractivity contribution < 1.29 is 14.6 Å². The molecule has 0 radical (unpaired) electrons. The third-order valence-corrected chi connectivity index (χ3v) is 4.27. The van der Waals surface area contributed by atoms with Gasteiger partial charge in [0.25, 0.3) is 0 Å². The molecule has 0 bridgehead atoms. The number of amides is 1. The van der Waals surface area contributed by atoms with Crippen molar-refractivity contribution in [2.24, 2.45) is 0 Å². The highest BCUT2D eigenvalue weighted by Gasteiger charge is 2.47. The third kappa shape index (κ3) is 2.16. The molecule has 2 unspecified atom stereocenters. The van der Waals surface area contributed by atoms with Gasteiger partial charge in [-0.3, -0.25) is 4.79 Å². The number of hydrogen-bond donors (Lipinski definition) is 1. The van der Waals surface area contributed by atoms with Crippen LogP contribution in [0.3, 0.4) is 0 Å². The van der Waals surface area contributed by atoms with Crippen molar-refractivity contribution in [3.8, 4) is 5.75 Å². The zero-order valence-corrected chi connectivity index (χ0v) is 12.2. The van der Waals surface area contributed by atoms with Gasteiger partial charge in [-0.15, -0.1) is 0 Å². The standard InChI is InChI=1S/C16H18N2O3/c1-16(2)15(20)14(18-8-4-5-13(18)19)11-9-10(17-3)6-7-12(11)21-16/h6-7,9,14-15,20H,4-5,8H2,1-2H3. The van der Waals surface area contributed by atoms with Crippen LogP contribution in [0.25, 0.3) is 4.85 Å². The second-order valence-corrected chi connectivity index (χ2v) is 6.12. The molecule has 0 spiro atoms. The molecule has 1 aromatic carbocycles. The summed E-state index contributed by atoms with van der Waals surface area (Å²) >= 11 is 0. The van der Waals surface area contributed by atoms with Gasteiger partial charge in [-0.1, -0.05) is 6.07 Å². The summed E-state index contributed by atoms with van der Waals surface area (Å²) in [5.74, 6) is 0.693. The summed E-state index contributed by atoms with van der Waals surface area (Å²) in [6, 6.07) is 4.73. The van der Waals surface area contributed by atoms with E-state index in [1.807, 2.05) is 13.8 Å². The first-order valence-electron chi connectivity index (χ1n) is 7.12. The number of carbonyl (C=O) groups is 1. The second kappa shape index (κ2) is 4.74. The van der Waals surface area contributed by atoms with Crippen molar-refractivity contribution in [1.82, 2.24) is 4.90 Å². The number of aliphatic hydroxyl groups is 1. The molecule has 21 heavy (non-hydrogen) atoms. The summed E-state index contributed by atoms with van der Waals surface area (Å²) in [6.45, 7) is 11.4. The average Bonchev–Trinajstić information content (AvgIpc) is 2.86. The van der Waals surface area contributed by atoms with Gasteiger partial charge in [0.1, 0.15) is 17.5 Å². The summed E-state index contributed by atoms with van der Waals surface area (Å²) in [7, 11) is 0. The van der Waals surface area contributed by atoms with E-state index in [2.05, 4.69) is 4.85 Å². The maximum absolute atomic E-state index is 12.1. The van der Waals surface area contributed by atoms with Crippen molar-refractivity contribution in [3.05, 3.63) is 35.2 Å². The Bertz CT molecular complexity index is 633. The highest BCUT2D eigenvalue weighted by Crippen LogP contribution is 2.45. The van der Waals surface area contributed by atoms with Crippen LogP contribution >= 0.6 is 0 Å². The zero-order valence-electron chi connectivity index (χ0n) is 12.2. The highest BCUT2D eigenvalue weighted by atomic mass is 16.5. The van der Waals surface area contributed by atoms with E-state index in [9.17, 15) is 9.90 Å². The molecular formula is C16H18N2O3. The molecule has 2 aliphatic heterocycles. The van der Waals surface area contributed by atoms with Crippen molar-refractivity contribution >= 4 is 11.6 Å². The number of nitrogens with zero attached hydrogens (tertiary/aromatic N) is 2. The van der Waals surface area contributed by atoms with Crippen molar-refractivity contribution in [3.63, 3.8) is 0 Å². The quantitative estimate of drug-likeness (QED) is 0.807. The van der Waals surface area contributed by atoms with Crippen LogP contribution in [0.2, 0.25) is 0 Å². The van der Waals surface area contributed by atoms with E-state index in [0.29, 0.717) is 24.4 Å². The Balaban J connectivity index is 2.12. The van der Waals surface area contributed by atoms with E-state index in [1.54, 1.807) is 23.1 Å². The van der Waals surface area contributed by atoms with Gasteiger partial charge in [-0.05, 0) is 32.4 Å². The van der Waals surface area contributed by atoms with E-state index in [0.717, 1.165) is 12.0 Å². The predicted octanol–water partition coefficient (Wildman–Crippen LogP) is 2.43. The van der Waals surface area contributed by atoms with E-state index < -0.39 is 17.7 Å². The number of likely N-dealkylation sites (tertiary alicyclic amines) is 1. The zero-order chi connectivity index (χ0) is 15.2. The van der Waals surface area contributed by atoms with Crippen LogP contribution < -0.4 is 4.74 Å². The molecule has 0 aliphatic carbocycles. The van der Waals surface area contributed by atoms with Gasteiger partial charge < -0.3 is 14.7 Å². The summed E-state index contributed by atoms with van der Waals surface area (Å²) in [4.78, 5) is 17.3. The fourth-order valence-corrected chi connectivity index (χ4v) is 3.13. The Morgan fingerprint density at radius 1 is 1.48 bits per heavy atom. The first-order valence-corrected chi connectivity index (χ1v) is 7.12. The van der Waals surface area contributed by atoms with Crippen LogP contribution in [0, 0.1) is 6.57 Å². The number of carbonyl (C=O) groups excluding carboxylic acids is 1. The van der Waals surface area contributed by atoms with Gasteiger partial charge in [0.2, 0.25) is 5.91 Å². The Kier molecular flexibility index (Phi) is 3.14. The Labute approximate surface area is 124 Å². The van der Waals surface area contributed by atoms with Crippen LogP contribution in [-0.2, 0) is 4.79 Å². The Morgan fingerprint density at radius 3 is 2.86 bits per heavy atom. The lowest BCUT2D eigenvalue weighted by molar-refractivity contribution is -0.139. The Morgan fingerprint density at radius 2 is 2.24 bits per heavy atom. The molecule has 0 aromatic heterocycles. The van der Waals surface area contributed by atoms with Crippen molar-refractivity contribution in [2.75, 3.05) is 6.54 Å². The topological polar surface area (TPSA) is 54.1 Å². The lowest BCUT2D eigenvalue weighted by atomic mass is 9.85. The minimum absolute atomic E-state index is 0.0518. The monoisotopic (exact) mass is 286 g/mol. The van der Waals surface area contributed by atoms with Gasteiger partial charge in [-0.2, -0.15) is 0 Å². The molecule has 1 aromatic rings. The number of aliphatic hydroxyl groups excluding tert-OH is 1. The second-order valence-electron chi connectivity index (χ2n) is 6.12. The molecule has 110 valence electrons. The van der Waals surface area contributed by atoms with Gasteiger partial charge in [-0.25, -0.2) is 4.85 Å². The van der Waals surface area contributed by atoms with E-state index in [1.165, 1.54) is 0 Å². The number of ether oxygens (including phenoxy) is 1. The van der Waals surface area contributed by atoms with Crippen molar-refractivity contribution in [2.45, 2.75) is 44.4 Å². The molecule has 2 atom stereocenters. The van der Waals surface area contributed by atoms with Crippen LogP contribution in [-0.4, -0.2) is 34.2 Å². The van der Waals surface area contributed by atoms with Gasteiger partial charge in [0.05, 0.1) is 12.6 Å². The summed E-state index contributed by atoms with van der Waals surface area (Å²) in [5, 5.41) is 10.7. The van der Waals surface area contributed by atoms with Gasteiger partial charge >= 0.3 is 0 Å². The maximum atomic E-state index is 12.1. The average molecular weight is 286 g/mol. The lowest BCUT2D eigenvalue weighted by Gasteiger charge is -2.45. The molecule has 1 N–H and O–H groups in total. The first-order chi connectivity index (χ1) is 9.94. The minimum Gasteiger partial charge on any atom is -0.485 e. The summed E-state index contributed by atoms with van der Waals surface area (Å²) < 4.78 is 5.87. The molecule has 5 heteroatoms. The summed E-state index contributed by atoms with van der Waals surface area (Å²) in [5.41, 5.74) is 0.437. The van der Waals surface area contributed by atoms with Crippen LogP contribution in [0.5, 0.6) is 5.75 Å². The van der Waals surface area contributed by atoms with Gasteiger partial charge in [0, 0.05) is 18.5 Å². The predicted molar refractivity (Wildman–Crippen MR) is 77.1 cm³/mol. The number of fused-ring (bicyclic) bond motifs is 1. The van der Waals surface area contributed by atoms with E-state index >= 15 is 0 Å². The summed E-state index contributed by atoms with van der Waals surface area (Å²) in [6.07, 6.45) is 0.497. The first kappa shape index (κ1) is 13.9. The number of rotatable bonds is 1. The molecule has 5 nitrogen and oxygen atoms in total. The Hall–Kier alpha value is -2.06. The normalized spacial score (nSPS) is 27.0. The molecule has 1 fully saturated rings. The number of hydrogen-bond acceptors (Lipinski definition) is 3. The van der Waals surface area contributed by atoms with Crippen LogP contribution in [0.15, 0.2) is 18.2 Å². The minimum atomic E-state index is -0.826. The van der Waals surface area contributed by atoms with Crippen molar-refractivity contribution in [1.29, 1.82) is 0 Å². The SMILES string of the molecule is [C-]#[N+]c1ccc2c(c1)C(N1CCCC1=O)C(O)C(C)(C)O2. The lowest BCUT2D eigenvalue weighted by Crippen LogP contribution is -2.53. The van der Waals surface area contributed by atoms with Crippen LogP contribution in [0.4, 0.5) is 5.69 Å². The number of benzene rings is 1. The fraction of sp³-hybridized carbons (Fsp3) is 0.500. The smallest absolute Gasteiger partial charge is 0.223 e. The van der Waals surface area contributed by atoms with E-state index in [-0.39, 0.29) is 5.91 Å². The fourth-order valence-electron chi connectivity index (χ4n) is 3.13. The van der Waals surface area contributed by atoms with Crippen LogP contribution in [0.1, 0.15) is 38.3 Å². The molecule has 0 saturated carbocycles. The third-order valence-electron chi connectivity index (χ3n) is 4.27. The highest BCUT2D eigenvalue weighted by molar-refractivity contribution is 5.79. The molecule has 2 aliphatic rings. The molecule has 1 amide bonds.